The molecule has 0 aliphatic carbocycles. The first-order valence-electron chi connectivity index (χ1n) is 6.59. The molecule has 1 rings (SSSR count). The third-order valence-corrected chi connectivity index (χ3v) is 2.65. The van der Waals surface area contributed by atoms with Gasteiger partial charge in [-0.05, 0) is 26.3 Å². The number of rotatable bonds is 4. The van der Waals surface area contributed by atoms with Gasteiger partial charge in [-0.15, -0.1) is 0 Å². The van der Waals surface area contributed by atoms with Gasteiger partial charge in [0.2, 0.25) is 0 Å². The molecule has 4 heteroatoms. The minimum Gasteiger partial charge on any atom is -0.443 e. The smallest absolute Gasteiger partial charge is 0.424 e. The zero-order chi connectivity index (χ0) is 14.5. The molecule has 0 atom stereocenters. The molecule has 0 saturated carbocycles. The lowest BCUT2D eigenvalue weighted by Gasteiger charge is -2.32. The number of nitrogens with zero attached hydrogens (tertiary/aromatic N) is 2. The van der Waals surface area contributed by atoms with E-state index in [1.807, 2.05) is 63.0 Å². The topological polar surface area (TPSA) is 32.8 Å². The summed E-state index contributed by atoms with van der Waals surface area (Å²) in [5.41, 5.74) is 0.692. The first-order valence-corrected chi connectivity index (χ1v) is 6.59. The summed E-state index contributed by atoms with van der Waals surface area (Å²) in [5, 5.41) is 3.49. The second-order valence-electron chi connectivity index (χ2n) is 5.47. The summed E-state index contributed by atoms with van der Waals surface area (Å²) >= 11 is 0. The molecular formula is C15H24N2O2. The van der Waals surface area contributed by atoms with Crippen molar-refractivity contribution in [3.8, 4) is 0 Å². The highest BCUT2D eigenvalue weighted by Gasteiger charge is 2.23. The van der Waals surface area contributed by atoms with Crippen LogP contribution in [0.3, 0.4) is 0 Å². The van der Waals surface area contributed by atoms with E-state index in [4.69, 9.17) is 4.74 Å². The summed E-state index contributed by atoms with van der Waals surface area (Å²) in [4.78, 5) is 12.0. The number of carbonyl (C=O) groups is 1. The number of hydrogen-bond donors (Lipinski definition) is 0. The van der Waals surface area contributed by atoms with Crippen LogP contribution < -0.4 is 0 Å². The van der Waals surface area contributed by atoms with Gasteiger partial charge in [0.1, 0.15) is 5.60 Å². The summed E-state index contributed by atoms with van der Waals surface area (Å²) in [6.07, 6.45) is -0.328. The Morgan fingerprint density at radius 2 is 1.79 bits per heavy atom. The first-order chi connectivity index (χ1) is 8.83. The SMILES string of the molecule is CCN(Cc1ccccc1)N(C)C(=O)OC(C)(C)C. The van der Waals surface area contributed by atoms with Gasteiger partial charge in [-0.1, -0.05) is 37.3 Å². The predicted octanol–water partition coefficient (Wildman–Crippen LogP) is 3.29. The van der Waals surface area contributed by atoms with E-state index in [2.05, 4.69) is 0 Å². The molecule has 0 aliphatic rings. The Morgan fingerprint density at radius 3 is 2.26 bits per heavy atom. The van der Waals surface area contributed by atoms with Gasteiger partial charge < -0.3 is 4.74 Å². The number of ether oxygens (including phenoxy) is 1. The molecule has 0 saturated heterocycles. The van der Waals surface area contributed by atoms with Crippen LogP contribution in [0.5, 0.6) is 0 Å². The molecule has 1 amide bonds. The fraction of sp³-hybridized carbons (Fsp3) is 0.533. The Labute approximate surface area is 115 Å². The summed E-state index contributed by atoms with van der Waals surface area (Å²) in [6.45, 7) is 9.05. The number of carbonyl (C=O) groups excluding carboxylic acids is 1. The molecule has 0 aliphatic heterocycles. The molecule has 4 nitrogen and oxygen atoms in total. The summed E-state index contributed by atoms with van der Waals surface area (Å²) in [6, 6.07) is 10.1. The molecule has 19 heavy (non-hydrogen) atoms. The molecule has 0 spiro atoms. The minimum atomic E-state index is -0.475. The van der Waals surface area contributed by atoms with Crippen LogP contribution in [0.4, 0.5) is 4.79 Å². The molecule has 0 radical (unpaired) electrons. The summed E-state index contributed by atoms with van der Waals surface area (Å²) in [7, 11) is 1.74. The number of amides is 1. The normalized spacial score (nSPS) is 11.5. The number of hydrazine groups is 1. The molecule has 0 unspecified atom stereocenters. The van der Waals surface area contributed by atoms with Crippen LogP contribution in [0.1, 0.15) is 33.3 Å². The highest BCUT2D eigenvalue weighted by molar-refractivity contribution is 5.67. The largest absolute Gasteiger partial charge is 0.443 e. The van der Waals surface area contributed by atoms with Gasteiger partial charge in [0, 0.05) is 20.1 Å². The van der Waals surface area contributed by atoms with Crippen LogP contribution >= 0.6 is 0 Å². The zero-order valence-corrected chi connectivity index (χ0v) is 12.5. The van der Waals surface area contributed by atoms with Gasteiger partial charge in [-0.2, -0.15) is 0 Å². The van der Waals surface area contributed by atoms with E-state index in [1.54, 1.807) is 7.05 Å². The molecule has 0 bridgehead atoms. The van der Waals surface area contributed by atoms with Crippen molar-refractivity contribution >= 4 is 6.09 Å². The molecular weight excluding hydrogens is 240 g/mol. The average molecular weight is 264 g/mol. The monoisotopic (exact) mass is 264 g/mol. The first kappa shape index (κ1) is 15.5. The predicted molar refractivity (Wildman–Crippen MR) is 76.5 cm³/mol. The van der Waals surface area contributed by atoms with Crippen LogP contribution in [-0.4, -0.2) is 35.3 Å². The van der Waals surface area contributed by atoms with Crippen LogP contribution in [-0.2, 0) is 11.3 Å². The van der Waals surface area contributed by atoms with Crippen molar-refractivity contribution in [1.82, 2.24) is 10.0 Å². The lowest BCUT2D eigenvalue weighted by molar-refractivity contribution is -0.0394. The Kier molecular flexibility index (Phi) is 5.36. The van der Waals surface area contributed by atoms with E-state index in [0.29, 0.717) is 6.54 Å². The maximum atomic E-state index is 12.0. The van der Waals surface area contributed by atoms with Crippen LogP contribution in [0.15, 0.2) is 30.3 Å². The van der Waals surface area contributed by atoms with E-state index >= 15 is 0 Å². The number of benzene rings is 1. The van der Waals surface area contributed by atoms with E-state index in [-0.39, 0.29) is 6.09 Å². The highest BCUT2D eigenvalue weighted by atomic mass is 16.6. The van der Waals surface area contributed by atoms with Crippen molar-refractivity contribution in [2.75, 3.05) is 13.6 Å². The van der Waals surface area contributed by atoms with Gasteiger partial charge in [-0.25, -0.2) is 14.8 Å². The Bertz CT molecular complexity index is 398. The van der Waals surface area contributed by atoms with Gasteiger partial charge in [-0.3, -0.25) is 0 Å². The third kappa shape index (κ3) is 5.30. The summed E-state index contributed by atoms with van der Waals surface area (Å²) < 4.78 is 5.37. The van der Waals surface area contributed by atoms with Crippen molar-refractivity contribution in [3.63, 3.8) is 0 Å². The number of hydrogen-bond acceptors (Lipinski definition) is 3. The van der Waals surface area contributed by atoms with E-state index in [0.717, 1.165) is 6.54 Å². The molecule has 0 fully saturated rings. The van der Waals surface area contributed by atoms with Crippen LogP contribution in [0.25, 0.3) is 0 Å². The molecule has 0 aromatic heterocycles. The average Bonchev–Trinajstić information content (AvgIpc) is 2.34. The second-order valence-corrected chi connectivity index (χ2v) is 5.47. The lowest BCUT2D eigenvalue weighted by atomic mass is 10.2. The standard InChI is InChI=1S/C15H24N2O2/c1-6-17(12-13-10-8-7-9-11-13)16(5)14(18)19-15(2,3)4/h7-11H,6,12H2,1-5H3. The molecule has 0 N–H and O–H groups in total. The second kappa shape index (κ2) is 6.57. The van der Waals surface area contributed by atoms with Gasteiger partial charge in [0.15, 0.2) is 0 Å². The lowest BCUT2D eigenvalue weighted by Crippen LogP contribution is -2.45. The fourth-order valence-electron chi connectivity index (χ4n) is 1.67. The molecule has 106 valence electrons. The molecule has 1 aromatic carbocycles. The van der Waals surface area contributed by atoms with Gasteiger partial charge in [0.05, 0.1) is 0 Å². The maximum absolute atomic E-state index is 12.0. The minimum absolute atomic E-state index is 0.328. The van der Waals surface area contributed by atoms with Gasteiger partial charge >= 0.3 is 6.09 Å². The van der Waals surface area contributed by atoms with Crippen molar-refractivity contribution in [3.05, 3.63) is 35.9 Å². The third-order valence-electron chi connectivity index (χ3n) is 2.65. The van der Waals surface area contributed by atoms with E-state index < -0.39 is 5.60 Å². The molecule has 0 heterocycles. The van der Waals surface area contributed by atoms with Crippen molar-refractivity contribution in [1.29, 1.82) is 0 Å². The van der Waals surface area contributed by atoms with E-state index in [1.165, 1.54) is 10.6 Å². The van der Waals surface area contributed by atoms with Crippen LogP contribution in [0, 0.1) is 0 Å². The van der Waals surface area contributed by atoms with Crippen molar-refractivity contribution in [2.24, 2.45) is 0 Å². The van der Waals surface area contributed by atoms with Crippen molar-refractivity contribution < 1.29 is 9.53 Å². The van der Waals surface area contributed by atoms with Crippen molar-refractivity contribution in [2.45, 2.75) is 39.8 Å². The summed E-state index contributed by atoms with van der Waals surface area (Å²) in [5.74, 6) is 0. The quantitative estimate of drug-likeness (QED) is 0.782. The zero-order valence-electron chi connectivity index (χ0n) is 12.5. The fourth-order valence-corrected chi connectivity index (χ4v) is 1.67. The molecule has 1 aromatic rings. The Morgan fingerprint density at radius 1 is 1.21 bits per heavy atom. The Hall–Kier alpha value is -1.55. The Balaban J connectivity index is 2.66. The van der Waals surface area contributed by atoms with Gasteiger partial charge in [0.25, 0.3) is 0 Å². The van der Waals surface area contributed by atoms with Crippen LogP contribution in [0.2, 0.25) is 0 Å². The highest BCUT2D eigenvalue weighted by Crippen LogP contribution is 2.12. The maximum Gasteiger partial charge on any atom is 0.424 e. The van der Waals surface area contributed by atoms with E-state index in [9.17, 15) is 4.79 Å².